The number of fused-ring (bicyclic) bond motifs is 1. The Hall–Kier alpha value is -2.62. The van der Waals surface area contributed by atoms with Crippen molar-refractivity contribution < 1.29 is 4.79 Å². The quantitative estimate of drug-likeness (QED) is 0.728. The van der Waals surface area contributed by atoms with Crippen molar-refractivity contribution in [1.29, 1.82) is 0 Å². The third-order valence-corrected chi connectivity index (χ3v) is 3.27. The topological polar surface area (TPSA) is 46.9 Å². The molecule has 1 amide bonds. The molecule has 1 heterocycles. The first-order valence-corrected chi connectivity index (χ1v) is 6.47. The van der Waals surface area contributed by atoms with E-state index in [9.17, 15) is 4.79 Å². The molecular formula is C16H15N3O. The van der Waals surface area contributed by atoms with Crippen LogP contribution in [-0.4, -0.2) is 15.8 Å². The summed E-state index contributed by atoms with van der Waals surface area (Å²) in [4.78, 5) is 12.3. The fourth-order valence-electron chi connectivity index (χ4n) is 2.19. The van der Waals surface area contributed by atoms with Crippen molar-refractivity contribution in [2.45, 2.75) is 13.8 Å². The molecule has 2 aromatic carbocycles. The Morgan fingerprint density at radius 2 is 1.75 bits per heavy atom. The number of anilines is 1. The van der Waals surface area contributed by atoms with Crippen molar-refractivity contribution in [2.24, 2.45) is 0 Å². The van der Waals surface area contributed by atoms with E-state index in [-0.39, 0.29) is 6.03 Å². The molecule has 0 unspecified atom stereocenters. The van der Waals surface area contributed by atoms with Crippen molar-refractivity contribution in [3.8, 4) is 0 Å². The predicted molar refractivity (Wildman–Crippen MR) is 80.1 cm³/mol. The molecule has 4 nitrogen and oxygen atoms in total. The number of aryl methyl sites for hydroxylation is 2. The van der Waals surface area contributed by atoms with Gasteiger partial charge in [0.25, 0.3) is 0 Å². The number of carbonyl (C=O) groups excluding carboxylic acids is 1. The highest BCUT2D eigenvalue weighted by molar-refractivity contribution is 5.97. The summed E-state index contributed by atoms with van der Waals surface area (Å²) >= 11 is 0. The van der Waals surface area contributed by atoms with Gasteiger partial charge in [-0.15, -0.1) is 0 Å². The Morgan fingerprint density at radius 1 is 1.05 bits per heavy atom. The average molecular weight is 265 g/mol. The summed E-state index contributed by atoms with van der Waals surface area (Å²) in [7, 11) is 0. The number of nitrogens with one attached hydrogen (secondary N) is 1. The summed E-state index contributed by atoms with van der Waals surface area (Å²) in [5.41, 5.74) is 3.58. The second-order valence-electron chi connectivity index (χ2n) is 4.81. The van der Waals surface area contributed by atoms with Crippen molar-refractivity contribution in [2.75, 3.05) is 5.32 Å². The van der Waals surface area contributed by atoms with Gasteiger partial charge in [0.2, 0.25) is 0 Å². The number of benzene rings is 2. The van der Waals surface area contributed by atoms with E-state index in [4.69, 9.17) is 0 Å². The highest BCUT2D eigenvalue weighted by atomic mass is 16.2. The number of hydrogen-bond donors (Lipinski definition) is 1. The van der Waals surface area contributed by atoms with Gasteiger partial charge in [0.1, 0.15) is 0 Å². The third kappa shape index (κ3) is 2.16. The Balaban J connectivity index is 1.95. The van der Waals surface area contributed by atoms with Crippen LogP contribution in [0.2, 0.25) is 0 Å². The molecule has 0 atom stereocenters. The first-order valence-electron chi connectivity index (χ1n) is 6.47. The van der Waals surface area contributed by atoms with E-state index in [0.29, 0.717) is 0 Å². The van der Waals surface area contributed by atoms with Crippen LogP contribution in [0.3, 0.4) is 0 Å². The van der Waals surface area contributed by atoms with Gasteiger partial charge in [-0.05, 0) is 32.0 Å². The molecule has 0 radical (unpaired) electrons. The van der Waals surface area contributed by atoms with Crippen molar-refractivity contribution in [3.05, 3.63) is 59.8 Å². The molecule has 1 aromatic heterocycles. The molecule has 0 bridgehead atoms. The van der Waals surface area contributed by atoms with Crippen LogP contribution in [-0.2, 0) is 0 Å². The Labute approximate surface area is 117 Å². The molecule has 0 saturated heterocycles. The average Bonchev–Trinajstić information content (AvgIpc) is 2.79. The maximum absolute atomic E-state index is 12.3. The molecule has 3 aromatic rings. The Bertz CT molecular complexity index is 772. The summed E-state index contributed by atoms with van der Waals surface area (Å²) in [6.07, 6.45) is 0. The third-order valence-electron chi connectivity index (χ3n) is 3.27. The minimum absolute atomic E-state index is 0.252. The molecule has 3 rings (SSSR count). The second-order valence-corrected chi connectivity index (χ2v) is 4.81. The van der Waals surface area contributed by atoms with E-state index in [1.807, 2.05) is 62.4 Å². The lowest BCUT2D eigenvalue weighted by molar-refractivity contribution is 0.251. The van der Waals surface area contributed by atoms with Crippen LogP contribution >= 0.6 is 0 Å². The SMILES string of the molecule is Cc1ccc(NC(=O)n2nc(C)c3ccccc32)cc1. The van der Waals surface area contributed by atoms with Gasteiger partial charge in [-0.1, -0.05) is 35.9 Å². The molecule has 0 aliphatic heterocycles. The van der Waals surface area contributed by atoms with Gasteiger partial charge in [-0.3, -0.25) is 0 Å². The minimum Gasteiger partial charge on any atom is -0.306 e. The fraction of sp³-hybridized carbons (Fsp3) is 0.125. The summed E-state index contributed by atoms with van der Waals surface area (Å²) < 4.78 is 1.41. The largest absolute Gasteiger partial charge is 0.347 e. The smallest absolute Gasteiger partial charge is 0.306 e. The highest BCUT2D eigenvalue weighted by Gasteiger charge is 2.12. The lowest BCUT2D eigenvalue weighted by atomic mass is 10.2. The zero-order chi connectivity index (χ0) is 14.1. The summed E-state index contributed by atoms with van der Waals surface area (Å²) in [6.45, 7) is 3.91. The summed E-state index contributed by atoms with van der Waals surface area (Å²) in [5.74, 6) is 0. The number of para-hydroxylation sites is 1. The first-order chi connectivity index (χ1) is 9.65. The highest BCUT2D eigenvalue weighted by Crippen LogP contribution is 2.18. The zero-order valence-corrected chi connectivity index (χ0v) is 11.4. The normalized spacial score (nSPS) is 10.7. The molecule has 0 aliphatic carbocycles. The van der Waals surface area contributed by atoms with E-state index in [0.717, 1.165) is 27.8 Å². The van der Waals surface area contributed by atoms with Gasteiger partial charge in [0, 0.05) is 11.1 Å². The van der Waals surface area contributed by atoms with E-state index >= 15 is 0 Å². The number of nitrogens with zero attached hydrogens (tertiary/aromatic N) is 2. The molecule has 0 aliphatic rings. The molecule has 0 saturated carbocycles. The van der Waals surface area contributed by atoms with Gasteiger partial charge in [-0.2, -0.15) is 9.78 Å². The molecule has 1 N–H and O–H groups in total. The van der Waals surface area contributed by atoms with Crippen LogP contribution < -0.4 is 5.32 Å². The first kappa shape index (κ1) is 12.4. The monoisotopic (exact) mass is 265 g/mol. The van der Waals surface area contributed by atoms with E-state index in [1.54, 1.807) is 0 Å². The Morgan fingerprint density at radius 3 is 2.50 bits per heavy atom. The lowest BCUT2D eigenvalue weighted by Crippen LogP contribution is -2.20. The molecular weight excluding hydrogens is 250 g/mol. The molecule has 4 heteroatoms. The van der Waals surface area contributed by atoms with Crippen molar-refractivity contribution in [1.82, 2.24) is 9.78 Å². The summed E-state index contributed by atoms with van der Waals surface area (Å²) in [5, 5.41) is 8.15. The molecule has 0 fully saturated rings. The van der Waals surface area contributed by atoms with Crippen LogP contribution in [0.5, 0.6) is 0 Å². The Kier molecular flexibility index (Phi) is 2.99. The van der Waals surface area contributed by atoms with E-state index in [1.165, 1.54) is 4.68 Å². The zero-order valence-electron chi connectivity index (χ0n) is 11.4. The maximum atomic E-state index is 12.3. The van der Waals surface area contributed by atoms with Crippen LogP contribution in [0.15, 0.2) is 48.5 Å². The number of hydrogen-bond acceptors (Lipinski definition) is 2. The van der Waals surface area contributed by atoms with Gasteiger partial charge in [0.15, 0.2) is 0 Å². The van der Waals surface area contributed by atoms with Crippen LogP contribution in [0.25, 0.3) is 10.9 Å². The second kappa shape index (κ2) is 4.81. The lowest BCUT2D eigenvalue weighted by Gasteiger charge is -2.06. The maximum Gasteiger partial charge on any atom is 0.347 e. The number of rotatable bonds is 1. The van der Waals surface area contributed by atoms with Crippen LogP contribution in [0.1, 0.15) is 11.3 Å². The van der Waals surface area contributed by atoms with E-state index < -0.39 is 0 Å². The van der Waals surface area contributed by atoms with E-state index in [2.05, 4.69) is 10.4 Å². The van der Waals surface area contributed by atoms with Crippen LogP contribution in [0.4, 0.5) is 10.5 Å². The molecule has 100 valence electrons. The fourth-order valence-corrected chi connectivity index (χ4v) is 2.19. The minimum atomic E-state index is -0.252. The molecule has 0 spiro atoms. The van der Waals surface area contributed by atoms with Crippen LogP contribution in [0, 0.1) is 13.8 Å². The number of amides is 1. The predicted octanol–water partition coefficient (Wildman–Crippen LogP) is 3.73. The van der Waals surface area contributed by atoms with Gasteiger partial charge < -0.3 is 5.32 Å². The van der Waals surface area contributed by atoms with Gasteiger partial charge in [-0.25, -0.2) is 4.79 Å². The van der Waals surface area contributed by atoms with Gasteiger partial charge >= 0.3 is 6.03 Å². The molecule has 20 heavy (non-hydrogen) atoms. The number of aromatic nitrogens is 2. The van der Waals surface area contributed by atoms with Gasteiger partial charge in [0.05, 0.1) is 11.2 Å². The standard InChI is InChI=1S/C16H15N3O/c1-11-7-9-13(10-8-11)17-16(20)19-15-6-4-3-5-14(15)12(2)18-19/h3-10H,1-2H3,(H,17,20). The number of carbonyl (C=O) groups is 1. The van der Waals surface area contributed by atoms with Crippen molar-refractivity contribution >= 4 is 22.6 Å². The van der Waals surface area contributed by atoms with Crippen molar-refractivity contribution in [3.63, 3.8) is 0 Å². The summed E-state index contributed by atoms with van der Waals surface area (Å²) in [6, 6.07) is 15.1.